The van der Waals surface area contributed by atoms with Gasteiger partial charge >= 0.3 is 0 Å². The summed E-state index contributed by atoms with van der Waals surface area (Å²) in [4.78, 5) is 13.2. The minimum absolute atomic E-state index is 0.0579. The lowest BCUT2D eigenvalue weighted by Gasteiger charge is -2.25. The normalized spacial score (nSPS) is 25.4. The van der Waals surface area contributed by atoms with Crippen molar-refractivity contribution < 1.29 is 4.79 Å². The molecule has 1 saturated heterocycles. The molecule has 0 aromatic rings. The highest BCUT2D eigenvalue weighted by molar-refractivity contribution is 7.99. The predicted octanol–water partition coefficient (Wildman–Crippen LogP) is 0.298. The van der Waals surface area contributed by atoms with Crippen LogP contribution in [0.5, 0.6) is 0 Å². The number of nitrogens with zero attached hydrogens (tertiary/aromatic N) is 1. The molecule has 1 aliphatic heterocycles. The smallest absolute Gasteiger partial charge is 0.239 e. The van der Waals surface area contributed by atoms with Crippen molar-refractivity contribution in [1.29, 1.82) is 0 Å². The van der Waals surface area contributed by atoms with Crippen molar-refractivity contribution in [2.75, 3.05) is 18.6 Å². The molecular formula is C8H16N2OS. The SMILES string of the molecule is CC(N)C(=O)N(C)C1CCSC1. The quantitative estimate of drug-likeness (QED) is 0.678. The van der Waals surface area contributed by atoms with E-state index in [1.807, 2.05) is 18.8 Å². The molecule has 0 aromatic carbocycles. The Morgan fingerprint density at radius 1 is 1.75 bits per heavy atom. The molecule has 0 saturated carbocycles. The number of likely N-dealkylation sites (N-methyl/N-ethyl adjacent to an activating group) is 1. The molecule has 12 heavy (non-hydrogen) atoms. The Labute approximate surface area is 77.7 Å². The van der Waals surface area contributed by atoms with Gasteiger partial charge < -0.3 is 10.6 Å². The fraction of sp³-hybridized carbons (Fsp3) is 0.875. The molecule has 1 fully saturated rings. The molecule has 1 rings (SSSR count). The van der Waals surface area contributed by atoms with Gasteiger partial charge in [-0.3, -0.25) is 4.79 Å². The summed E-state index contributed by atoms with van der Waals surface area (Å²) in [6.45, 7) is 1.74. The molecule has 1 aliphatic rings. The molecule has 2 N–H and O–H groups in total. The van der Waals surface area contributed by atoms with Crippen LogP contribution in [-0.4, -0.2) is 41.4 Å². The van der Waals surface area contributed by atoms with Crippen LogP contribution in [0.2, 0.25) is 0 Å². The van der Waals surface area contributed by atoms with E-state index in [1.54, 1.807) is 11.8 Å². The van der Waals surface area contributed by atoms with Crippen LogP contribution >= 0.6 is 11.8 Å². The van der Waals surface area contributed by atoms with E-state index in [0.29, 0.717) is 6.04 Å². The van der Waals surface area contributed by atoms with Crippen molar-refractivity contribution >= 4 is 17.7 Å². The van der Waals surface area contributed by atoms with Crippen molar-refractivity contribution in [2.24, 2.45) is 5.73 Å². The Kier molecular flexibility index (Phi) is 3.40. The van der Waals surface area contributed by atoms with Crippen LogP contribution in [0, 0.1) is 0 Å². The van der Waals surface area contributed by atoms with Crippen molar-refractivity contribution in [3.05, 3.63) is 0 Å². The van der Waals surface area contributed by atoms with Crippen LogP contribution in [0.4, 0.5) is 0 Å². The summed E-state index contributed by atoms with van der Waals surface area (Å²) in [5.41, 5.74) is 5.51. The second-order valence-corrected chi connectivity index (χ2v) is 4.41. The van der Waals surface area contributed by atoms with Gasteiger partial charge in [-0.2, -0.15) is 11.8 Å². The van der Waals surface area contributed by atoms with Gasteiger partial charge in [-0.25, -0.2) is 0 Å². The van der Waals surface area contributed by atoms with E-state index < -0.39 is 0 Å². The minimum Gasteiger partial charge on any atom is -0.341 e. The zero-order valence-electron chi connectivity index (χ0n) is 7.62. The zero-order chi connectivity index (χ0) is 9.14. The van der Waals surface area contributed by atoms with Gasteiger partial charge in [0.1, 0.15) is 0 Å². The fourth-order valence-corrected chi connectivity index (χ4v) is 2.60. The van der Waals surface area contributed by atoms with Gasteiger partial charge in [0, 0.05) is 18.8 Å². The maximum Gasteiger partial charge on any atom is 0.239 e. The Balaban J connectivity index is 2.45. The van der Waals surface area contributed by atoms with Crippen molar-refractivity contribution in [2.45, 2.75) is 25.4 Å². The topological polar surface area (TPSA) is 46.3 Å². The van der Waals surface area contributed by atoms with Crippen LogP contribution in [0.1, 0.15) is 13.3 Å². The van der Waals surface area contributed by atoms with E-state index in [-0.39, 0.29) is 11.9 Å². The first-order chi connectivity index (χ1) is 5.63. The zero-order valence-corrected chi connectivity index (χ0v) is 8.43. The third kappa shape index (κ3) is 2.14. The number of thioether (sulfide) groups is 1. The summed E-state index contributed by atoms with van der Waals surface area (Å²) in [6.07, 6.45) is 1.11. The molecule has 2 unspecified atom stereocenters. The molecule has 1 amide bonds. The number of amides is 1. The van der Waals surface area contributed by atoms with Crippen LogP contribution in [0.3, 0.4) is 0 Å². The summed E-state index contributed by atoms with van der Waals surface area (Å²) < 4.78 is 0. The lowest BCUT2D eigenvalue weighted by atomic mass is 10.2. The molecule has 0 aliphatic carbocycles. The number of rotatable bonds is 2. The third-order valence-corrected chi connectivity index (χ3v) is 3.34. The van der Waals surface area contributed by atoms with Crippen molar-refractivity contribution in [1.82, 2.24) is 4.90 Å². The number of carbonyl (C=O) groups excluding carboxylic acids is 1. The first-order valence-electron chi connectivity index (χ1n) is 4.23. The Bertz CT molecular complexity index is 166. The third-order valence-electron chi connectivity index (χ3n) is 2.19. The molecule has 0 bridgehead atoms. The maximum atomic E-state index is 11.4. The summed E-state index contributed by atoms with van der Waals surface area (Å²) in [7, 11) is 1.85. The monoisotopic (exact) mass is 188 g/mol. The van der Waals surface area contributed by atoms with Gasteiger partial charge in [0.15, 0.2) is 0 Å². The Morgan fingerprint density at radius 3 is 2.83 bits per heavy atom. The molecular weight excluding hydrogens is 172 g/mol. The number of nitrogens with two attached hydrogens (primary N) is 1. The van der Waals surface area contributed by atoms with Crippen LogP contribution in [-0.2, 0) is 4.79 Å². The highest BCUT2D eigenvalue weighted by Crippen LogP contribution is 2.21. The molecule has 2 atom stereocenters. The second kappa shape index (κ2) is 4.14. The molecule has 1 heterocycles. The average Bonchev–Trinajstić information content (AvgIpc) is 2.53. The van der Waals surface area contributed by atoms with E-state index >= 15 is 0 Å². The molecule has 3 nitrogen and oxygen atoms in total. The lowest BCUT2D eigenvalue weighted by molar-refractivity contribution is -0.132. The van der Waals surface area contributed by atoms with E-state index in [4.69, 9.17) is 5.73 Å². The fourth-order valence-electron chi connectivity index (χ4n) is 1.33. The van der Waals surface area contributed by atoms with E-state index in [1.165, 1.54) is 5.75 Å². The second-order valence-electron chi connectivity index (χ2n) is 3.26. The molecule has 4 heteroatoms. The maximum absolute atomic E-state index is 11.4. The summed E-state index contributed by atoms with van der Waals surface area (Å²) >= 11 is 1.90. The highest BCUT2D eigenvalue weighted by atomic mass is 32.2. The Hall–Kier alpha value is -0.220. The molecule has 0 aromatic heterocycles. The lowest BCUT2D eigenvalue weighted by Crippen LogP contribution is -2.45. The molecule has 0 radical (unpaired) electrons. The van der Waals surface area contributed by atoms with E-state index in [0.717, 1.165) is 12.2 Å². The van der Waals surface area contributed by atoms with Crippen LogP contribution in [0.25, 0.3) is 0 Å². The highest BCUT2D eigenvalue weighted by Gasteiger charge is 2.25. The predicted molar refractivity (Wildman–Crippen MR) is 52.1 cm³/mol. The van der Waals surface area contributed by atoms with Crippen LogP contribution < -0.4 is 5.73 Å². The van der Waals surface area contributed by atoms with Gasteiger partial charge in [-0.05, 0) is 19.1 Å². The van der Waals surface area contributed by atoms with Crippen LogP contribution in [0.15, 0.2) is 0 Å². The van der Waals surface area contributed by atoms with E-state index in [2.05, 4.69) is 0 Å². The average molecular weight is 188 g/mol. The Morgan fingerprint density at radius 2 is 2.42 bits per heavy atom. The first-order valence-corrected chi connectivity index (χ1v) is 5.38. The van der Waals surface area contributed by atoms with Gasteiger partial charge in [0.25, 0.3) is 0 Å². The minimum atomic E-state index is -0.361. The van der Waals surface area contributed by atoms with Crippen molar-refractivity contribution in [3.8, 4) is 0 Å². The number of carbonyl (C=O) groups is 1. The van der Waals surface area contributed by atoms with Gasteiger partial charge in [-0.1, -0.05) is 0 Å². The van der Waals surface area contributed by atoms with Crippen molar-refractivity contribution in [3.63, 3.8) is 0 Å². The number of hydrogen-bond donors (Lipinski definition) is 1. The van der Waals surface area contributed by atoms with Gasteiger partial charge in [0.05, 0.1) is 6.04 Å². The van der Waals surface area contributed by atoms with Gasteiger partial charge in [0.2, 0.25) is 5.91 Å². The molecule has 0 spiro atoms. The summed E-state index contributed by atoms with van der Waals surface area (Å²) in [5, 5.41) is 0. The van der Waals surface area contributed by atoms with E-state index in [9.17, 15) is 4.79 Å². The first kappa shape index (κ1) is 9.86. The summed E-state index contributed by atoms with van der Waals surface area (Å²) in [5.74, 6) is 2.29. The largest absolute Gasteiger partial charge is 0.341 e. The molecule has 70 valence electrons. The standard InChI is InChI=1S/C8H16N2OS/c1-6(9)8(11)10(2)7-3-4-12-5-7/h6-7H,3-5,9H2,1-2H3. The number of hydrogen-bond acceptors (Lipinski definition) is 3. The van der Waals surface area contributed by atoms with Gasteiger partial charge in [-0.15, -0.1) is 0 Å². The summed E-state index contributed by atoms with van der Waals surface area (Å²) in [6, 6.07) is 0.0501.